The molecule has 13 heavy (non-hydrogen) atoms. The molecule has 0 aliphatic rings. The van der Waals surface area contributed by atoms with E-state index < -0.39 is 0 Å². The minimum Gasteiger partial charge on any atom is -0.399 e. The average molecular weight is 168 g/mol. The number of hydrogen-bond acceptors (Lipinski definition) is 2. The lowest BCUT2D eigenvalue weighted by molar-refractivity contribution is 1.36. The summed E-state index contributed by atoms with van der Waals surface area (Å²) in [5.74, 6) is 2.49. The van der Waals surface area contributed by atoms with Gasteiger partial charge in [0.15, 0.2) is 0 Å². The van der Waals surface area contributed by atoms with Crippen LogP contribution in [0.2, 0.25) is 0 Å². The molecule has 0 saturated heterocycles. The molecule has 0 spiro atoms. The molecule has 0 unspecified atom stereocenters. The maximum Gasteiger partial charge on any atom is 0.113 e. The van der Waals surface area contributed by atoms with Crippen LogP contribution in [0.25, 0.3) is 10.9 Å². The van der Waals surface area contributed by atoms with Gasteiger partial charge in [0, 0.05) is 11.1 Å². The van der Waals surface area contributed by atoms with Gasteiger partial charge in [0.25, 0.3) is 0 Å². The molecule has 2 N–H and O–H groups in total. The highest BCUT2D eigenvalue weighted by Gasteiger charge is 1.95. The average Bonchev–Trinajstić information content (AvgIpc) is 2.17. The molecule has 0 saturated carbocycles. The highest BCUT2D eigenvalue weighted by molar-refractivity contribution is 5.82. The van der Waals surface area contributed by atoms with Crippen LogP contribution >= 0.6 is 0 Å². The van der Waals surface area contributed by atoms with E-state index in [2.05, 4.69) is 10.9 Å². The van der Waals surface area contributed by atoms with Gasteiger partial charge in [0.1, 0.15) is 5.69 Å². The number of terminal acetylenes is 1. The van der Waals surface area contributed by atoms with Crippen LogP contribution in [0.3, 0.4) is 0 Å². The van der Waals surface area contributed by atoms with Gasteiger partial charge < -0.3 is 5.73 Å². The fourth-order valence-electron chi connectivity index (χ4n) is 1.22. The summed E-state index contributed by atoms with van der Waals surface area (Å²) < 4.78 is 0. The number of nitrogens with two attached hydrogens (primary N) is 1. The fourth-order valence-corrected chi connectivity index (χ4v) is 1.22. The van der Waals surface area contributed by atoms with Gasteiger partial charge in [-0.25, -0.2) is 4.98 Å². The predicted molar refractivity (Wildman–Crippen MR) is 54.1 cm³/mol. The molecule has 2 heteroatoms. The van der Waals surface area contributed by atoms with Crippen LogP contribution in [0.15, 0.2) is 30.3 Å². The van der Waals surface area contributed by atoms with Crippen LogP contribution in [-0.2, 0) is 0 Å². The Hall–Kier alpha value is -2.01. The lowest BCUT2D eigenvalue weighted by Crippen LogP contribution is -1.87. The van der Waals surface area contributed by atoms with Crippen LogP contribution in [-0.4, -0.2) is 4.98 Å². The number of benzene rings is 1. The van der Waals surface area contributed by atoms with E-state index >= 15 is 0 Å². The molecular formula is C11H8N2. The van der Waals surface area contributed by atoms with Crippen LogP contribution in [0.4, 0.5) is 5.69 Å². The Labute approximate surface area is 76.4 Å². The lowest BCUT2D eigenvalue weighted by atomic mass is 10.2. The van der Waals surface area contributed by atoms with Crippen molar-refractivity contribution in [3.05, 3.63) is 36.0 Å². The largest absolute Gasteiger partial charge is 0.399 e. The summed E-state index contributed by atoms with van der Waals surface area (Å²) in [5.41, 5.74) is 7.89. The minimum absolute atomic E-state index is 0.650. The number of hydrogen-bond donors (Lipinski definition) is 1. The Morgan fingerprint density at radius 3 is 2.85 bits per heavy atom. The zero-order chi connectivity index (χ0) is 9.26. The molecule has 0 aliphatic heterocycles. The molecule has 1 aromatic carbocycles. The Balaban J connectivity index is 2.75. The molecule has 0 aliphatic carbocycles. The van der Waals surface area contributed by atoms with Crippen molar-refractivity contribution >= 4 is 16.6 Å². The Morgan fingerprint density at radius 1 is 1.23 bits per heavy atom. The van der Waals surface area contributed by atoms with Crippen molar-refractivity contribution in [2.75, 3.05) is 5.73 Å². The summed E-state index contributed by atoms with van der Waals surface area (Å²) in [7, 11) is 0. The molecule has 1 heterocycles. The van der Waals surface area contributed by atoms with Crippen LogP contribution in [0, 0.1) is 12.3 Å². The SMILES string of the molecule is C#Cc1ccc2cc(N)ccc2n1. The van der Waals surface area contributed by atoms with Crippen LogP contribution in [0.1, 0.15) is 5.69 Å². The zero-order valence-electron chi connectivity index (χ0n) is 6.99. The van der Waals surface area contributed by atoms with Gasteiger partial charge >= 0.3 is 0 Å². The summed E-state index contributed by atoms with van der Waals surface area (Å²) in [6.45, 7) is 0. The van der Waals surface area contributed by atoms with E-state index in [-0.39, 0.29) is 0 Å². The molecule has 0 radical (unpaired) electrons. The fraction of sp³-hybridized carbons (Fsp3) is 0. The van der Waals surface area contributed by atoms with Crippen molar-refractivity contribution in [1.82, 2.24) is 4.98 Å². The Morgan fingerprint density at radius 2 is 2.08 bits per heavy atom. The third-order valence-electron chi connectivity index (χ3n) is 1.86. The van der Waals surface area contributed by atoms with E-state index in [1.807, 2.05) is 30.3 Å². The third-order valence-corrected chi connectivity index (χ3v) is 1.86. The maximum atomic E-state index is 5.63. The van der Waals surface area contributed by atoms with Crippen molar-refractivity contribution in [1.29, 1.82) is 0 Å². The highest BCUT2D eigenvalue weighted by atomic mass is 14.7. The van der Waals surface area contributed by atoms with Crippen molar-refractivity contribution in [3.63, 3.8) is 0 Å². The number of aromatic nitrogens is 1. The van der Waals surface area contributed by atoms with E-state index in [1.165, 1.54) is 0 Å². The zero-order valence-corrected chi connectivity index (χ0v) is 6.99. The molecular weight excluding hydrogens is 160 g/mol. The number of rotatable bonds is 0. The smallest absolute Gasteiger partial charge is 0.113 e. The summed E-state index contributed by atoms with van der Waals surface area (Å²) in [5, 5.41) is 1.01. The highest BCUT2D eigenvalue weighted by Crippen LogP contribution is 2.15. The quantitative estimate of drug-likeness (QED) is 0.481. The van der Waals surface area contributed by atoms with Gasteiger partial charge in [-0.2, -0.15) is 0 Å². The summed E-state index contributed by atoms with van der Waals surface area (Å²) in [6.07, 6.45) is 5.23. The predicted octanol–water partition coefficient (Wildman–Crippen LogP) is 1.80. The van der Waals surface area contributed by atoms with E-state index in [9.17, 15) is 0 Å². The lowest BCUT2D eigenvalue weighted by Gasteiger charge is -1.98. The van der Waals surface area contributed by atoms with Crippen LogP contribution < -0.4 is 5.73 Å². The molecule has 0 bridgehead atoms. The molecule has 62 valence electrons. The second-order valence-electron chi connectivity index (χ2n) is 2.79. The third kappa shape index (κ3) is 1.32. The molecule has 2 rings (SSSR count). The number of pyridine rings is 1. The van der Waals surface area contributed by atoms with Gasteiger partial charge in [-0.15, -0.1) is 6.42 Å². The molecule has 2 aromatic rings. The summed E-state index contributed by atoms with van der Waals surface area (Å²) >= 11 is 0. The van der Waals surface area contributed by atoms with Crippen molar-refractivity contribution < 1.29 is 0 Å². The minimum atomic E-state index is 0.650. The summed E-state index contributed by atoms with van der Waals surface area (Å²) in [6, 6.07) is 9.29. The van der Waals surface area contributed by atoms with Gasteiger partial charge in [-0.1, -0.05) is 5.92 Å². The second-order valence-corrected chi connectivity index (χ2v) is 2.79. The second kappa shape index (κ2) is 2.80. The summed E-state index contributed by atoms with van der Waals surface area (Å²) in [4.78, 5) is 4.24. The molecule has 0 amide bonds. The van der Waals surface area contributed by atoms with E-state index in [0.717, 1.165) is 16.6 Å². The molecule has 2 nitrogen and oxygen atoms in total. The van der Waals surface area contributed by atoms with E-state index in [4.69, 9.17) is 12.2 Å². The topological polar surface area (TPSA) is 38.9 Å². The monoisotopic (exact) mass is 168 g/mol. The van der Waals surface area contributed by atoms with Crippen molar-refractivity contribution in [3.8, 4) is 12.3 Å². The standard InChI is InChI=1S/C11H8N2/c1-2-10-5-3-8-7-9(12)4-6-11(8)13-10/h1,3-7H,12H2. The molecule has 0 atom stereocenters. The van der Waals surface area contributed by atoms with Crippen LogP contribution in [0.5, 0.6) is 0 Å². The molecule has 0 fully saturated rings. The Kier molecular flexibility index (Phi) is 1.64. The Bertz CT molecular complexity index is 495. The number of nitrogens with zero attached hydrogens (tertiary/aromatic N) is 1. The first-order valence-electron chi connectivity index (χ1n) is 3.92. The maximum absolute atomic E-state index is 5.63. The first-order valence-corrected chi connectivity index (χ1v) is 3.92. The first-order chi connectivity index (χ1) is 6.29. The number of fused-ring (bicyclic) bond motifs is 1. The van der Waals surface area contributed by atoms with Crippen molar-refractivity contribution in [2.45, 2.75) is 0 Å². The van der Waals surface area contributed by atoms with Crippen molar-refractivity contribution in [2.24, 2.45) is 0 Å². The van der Waals surface area contributed by atoms with E-state index in [0.29, 0.717) is 5.69 Å². The number of anilines is 1. The van der Waals surface area contributed by atoms with E-state index in [1.54, 1.807) is 0 Å². The first kappa shape index (κ1) is 7.63. The number of nitrogen functional groups attached to an aromatic ring is 1. The van der Waals surface area contributed by atoms with Gasteiger partial charge in [-0.05, 0) is 30.3 Å². The normalized spacial score (nSPS) is 9.77. The molecule has 1 aromatic heterocycles. The van der Waals surface area contributed by atoms with Gasteiger partial charge in [0.05, 0.1) is 5.52 Å². The van der Waals surface area contributed by atoms with Gasteiger partial charge in [-0.3, -0.25) is 0 Å². The van der Waals surface area contributed by atoms with Gasteiger partial charge in [0.2, 0.25) is 0 Å².